The van der Waals surface area contributed by atoms with Crippen LogP contribution in [0.3, 0.4) is 0 Å². The third kappa shape index (κ3) is 6.14. The molecule has 7 nitrogen and oxygen atoms in total. The molecule has 1 aliphatic heterocycles. The maximum Gasteiger partial charge on any atom is 0.343 e. The summed E-state index contributed by atoms with van der Waals surface area (Å²) < 4.78 is 15.6. The molecule has 174 valence electrons. The average molecular weight is 531 g/mol. The van der Waals surface area contributed by atoms with Crippen LogP contribution in [0.5, 0.6) is 11.5 Å². The minimum Gasteiger partial charge on any atom is -0.490 e. The van der Waals surface area contributed by atoms with Crippen LogP contribution in [-0.2, 0) is 20.9 Å². The Morgan fingerprint density at radius 2 is 1.85 bits per heavy atom. The lowest BCUT2D eigenvalue weighted by Gasteiger charge is -2.14. The standard InChI is InChI=1S/C22H18Cl3NO6S/c1-3-31-17-7-12(6-16(25)20(17)32-11-19(27)30-2)8-18-21(28)26(22(29)33-18)10-13-4-5-14(23)9-15(13)24/h4-9H,3,10-11H2,1-2H3/b18-8-. The van der Waals surface area contributed by atoms with Crippen molar-refractivity contribution in [2.24, 2.45) is 0 Å². The van der Waals surface area contributed by atoms with E-state index in [9.17, 15) is 14.4 Å². The molecule has 0 saturated carbocycles. The van der Waals surface area contributed by atoms with Crippen LogP contribution in [0.2, 0.25) is 15.1 Å². The SMILES string of the molecule is CCOc1cc(/C=C2\SC(=O)N(Cc3ccc(Cl)cc3Cl)C2=O)cc(Cl)c1OCC(=O)OC. The molecule has 3 rings (SSSR count). The van der Waals surface area contributed by atoms with Gasteiger partial charge in [-0.2, -0.15) is 0 Å². The Kier molecular flexibility index (Phi) is 8.53. The zero-order valence-corrected chi connectivity index (χ0v) is 20.6. The average Bonchev–Trinajstić information content (AvgIpc) is 3.02. The fraction of sp³-hybridized carbons (Fsp3) is 0.227. The molecule has 2 aromatic rings. The van der Waals surface area contributed by atoms with E-state index in [1.54, 1.807) is 37.3 Å². The number of methoxy groups -OCH3 is 1. The normalized spacial score (nSPS) is 14.7. The van der Waals surface area contributed by atoms with E-state index in [2.05, 4.69) is 4.74 Å². The van der Waals surface area contributed by atoms with Crippen LogP contribution >= 0.6 is 46.6 Å². The lowest BCUT2D eigenvalue weighted by Crippen LogP contribution is -2.27. The second kappa shape index (κ2) is 11.2. The Labute approximate surface area is 209 Å². The highest BCUT2D eigenvalue weighted by Gasteiger charge is 2.35. The van der Waals surface area contributed by atoms with Crippen molar-refractivity contribution in [3.05, 3.63) is 61.4 Å². The first-order valence-electron chi connectivity index (χ1n) is 9.58. The predicted octanol–water partition coefficient (Wildman–Crippen LogP) is 5.83. The number of benzene rings is 2. The first-order chi connectivity index (χ1) is 15.7. The molecule has 1 heterocycles. The number of hydrogen-bond donors (Lipinski definition) is 0. The number of halogens is 3. The number of ether oxygens (including phenoxy) is 3. The van der Waals surface area contributed by atoms with Crippen molar-refractivity contribution in [2.75, 3.05) is 20.3 Å². The summed E-state index contributed by atoms with van der Waals surface area (Å²) in [4.78, 5) is 38.1. The summed E-state index contributed by atoms with van der Waals surface area (Å²) in [5.41, 5.74) is 1.11. The van der Waals surface area contributed by atoms with Crippen molar-refractivity contribution in [2.45, 2.75) is 13.5 Å². The highest BCUT2D eigenvalue weighted by atomic mass is 35.5. The number of nitrogens with zero attached hydrogens (tertiary/aromatic N) is 1. The molecular weight excluding hydrogens is 513 g/mol. The van der Waals surface area contributed by atoms with E-state index < -0.39 is 17.1 Å². The van der Waals surface area contributed by atoms with Crippen LogP contribution < -0.4 is 9.47 Å². The summed E-state index contributed by atoms with van der Waals surface area (Å²) in [6, 6.07) is 8.00. The fourth-order valence-corrected chi connectivity index (χ4v) is 4.45. The topological polar surface area (TPSA) is 82.1 Å². The number of amides is 2. The number of rotatable bonds is 8. The molecule has 0 spiro atoms. The first kappa shape index (κ1) is 25.2. The summed E-state index contributed by atoms with van der Waals surface area (Å²) >= 11 is 19.2. The Balaban J connectivity index is 1.85. The number of imide groups is 1. The lowest BCUT2D eigenvalue weighted by molar-refractivity contribution is -0.142. The second-order valence-corrected chi connectivity index (χ2v) is 8.88. The van der Waals surface area contributed by atoms with E-state index in [0.717, 1.165) is 16.7 Å². The third-order valence-corrected chi connectivity index (χ3v) is 6.18. The van der Waals surface area contributed by atoms with Gasteiger partial charge in [-0.3, -0.25) is 14.5 Å². The number of carbonyl (C=O) groups excluding carboxylic acids is 3. The van der Waals surface area contributed by atoms with Crippen molar-refractivity contribution in [3.63, 3.8) is 0 Å². The molecule has 0 atom stereocenters. The van der Waals surface area contributed by atoms with Crippen LogP contribution in [0.25, 0.3) is 6.08 Å². The molecule has 0 N–H and O–H groups in total. The van der Waals surface area contributed by atoms with Crippen LogP contribution in [0.4, 0.5) is 4.79 Å². The molecule has 0 radical (unpaired) electrons. The Hall–Kier alpha value is -2.39. The molecule has 1 aliphatic rings. The van der Waals surface area contributed by atoms with E-state index in [1.165, 1.54) is 13.2 Å². The van der Waals surface area contributed by atoms with Crippen LogP contribution in [0.15, 0.2) is 35.2 Å². The van der Waals surface area contributed by atoms with Gasteiger partial charge in [0.05, 0.1) is 30.2 Å². The van der Waals surface area contributed by atoms with Crippen LogP contribution in [-0.4, -0.2) is 42.3 Å². The number of carbonyl (C=O) groups is 3. The minimum atomic E-state index is -0.577. The van der Waals surface area contributed by atoms with Gasteiger partial charge in [-0.1, -0.05) is 40.9 Å². The van der Waals surface area contributed by atoms with Crippen LogP contribution in [0, 0.1) is 0 Å². The molecule has 2 amide bonds. The molecule has 2 aromatic carbocycles. The van der Waals surface area contributed by atoms with Gasteiger partial charge in [-0.05, 0) is 60.2 Å². The highest BCUT2D eigenvalue weighted by molar-refractivity contribution is 8.18. The minimum absolute atomic E-state index is 0.0171. The van der Waals surface area contributed by atoms with Gasteiger partial charge in [0.25, 0.3) is 11.1 Å². The fourth-order valence-electron chi connectivity index (χ4n) is 2.87. The molecule has 1 fully saturated rings. The van der Waals surface area contributed by atoms with E-state index in [4.69, 9.17) is 44.3 Å². The molecular formula is C22H18Cl3NO6S. The molecule has 33 heavy (non-hydrogen) atoms. The Bertz CT molecular complexity index is 1140. The quantitative estimate of drug-likeness (QED) is 0.313. The summed E-state index contributed by atoms with van der Waals surface area (Å²) in [6.45, 7) is 1.76. The summed E-state index contributed by atoms with van der Waals surface area (Å²) in [5, 5.41) is 0.565. The zero-order chi connectivity index (χ0) is 24.1. The number of thioether (sulfide) groups is 1. The van der Waals surface area contributed by atoms with E-state index in [1.807, 2.05) is 0 Å². The maximum absolute atomic E-state index is 12.9. The van der Waals surface area contributed by atoms with Gasteiger partial charge >= 0.3 is 5.97 Å². The van der Waals surface area contributed by atoms with Gasteiger partial charge in [0, 0.05) is 10.0 Å². The largest absolute Gasteiger partial charge is 0.490 e. The van der Waals surface area contributed by atoms with Crippen LogP contribution in [0.1, 0.15) is 18.1 Å². The zero-order valence-electron chi connectivity index (χ0n) is 17.5. The van der Waals surface area contributed by atoms with Crippen molar-refractivity contribution in [1.82, 2.24) is 4.90 Å². The number of hydrogen-bond acceptors (Lipinski definition) is 7. The molecule has 11 heteroatoms. The predicted molar refractivity (Wildman–Crippen MR) is 128 cm³/mol. The van der Waals surface area contributed by atoms with E-state index >= 15 is 0 Å². The van der Waals surface area contributed by atoms with Crippen molar-refractivity contribution in [3.8, 4) is 11.5 Å². The molecule has 0 aliphatic carbocycles. The third-order valence-electron chi connectivity index (χ3n) is 4.41. The molecule has 0 unspecified atom stereocenters. The van der Waals surface area contributed by atoms with Gasteiger partial charge in [0.15, 0.2) is 18.1 Å². The molecule has 0 bridgehead atoms. The lowest BCUT2D eigenvalue weighted by atomic mass is 10.1. The summed E-state index contributed by atoms with van der Waals surface area (Å²) in [6.07, 6.45) is 1.53. The van der Waals surface area contributed by atoms with Crippen molar-refractivity contribution in [1.29, 1.82) is 0 Å². The van der Waals surface area contributed by atoms with Gasteiger partial charge in [-0.25, -0.2) is 4.79 Å². The summed E-state index contributed by atoms with van der Waals surface area (Å²) in [5.74, 6) is -0.581. The Morgan fingerprint density at radius 3 is 2.52 bits per heavy atom. The van der Waals surface area contributed by atoms with Gasteiger partial charge in [-0.15, -0.1) is 0 Å². The molecule has 0 aromatic heterocycles. The van der Waals surface area contributed by atoms with E-state index in [0.29, 0.717) is 27.8 Å². The van der Waals surface area contributed by atoms with Crippen molar-refractivity contribution < 1.29 is 28.6 Å². The smallest absolute Gasteiger partial charge is 0.343 e. The van der Waals surface area contributed by atoms with Gasteiger partial charge in [0.1, 0.15) is 0 Å². The van der Waals surface area contributed by atoms with Gasteiger partial charge < -0.3 is 14.2 Å². The van der Waals surface area contributed by atoms with E-state index in [-0.39, 0.29) is 34.6 Å². The first-order valence-corrected chi connectivity index (χ1v) is 11.5. The maximum atomic E-state index is 12.9. The monoisotopic (exact) mass is 529 g/mol. The second-order valence-electron chi connectivity index (χ2n) is 6.63. The number of esters is 1. The summed E-state index contributed by atoms with van der Waals surface area (Å²) in [7, 11) is 1.24. The Morgan fingerprint density at radius 1 is 1.09 bits per heavy atom. The van der Waals surface area contributed by atoms with Crippen molar-refractivity contribution >= 4 is 69.8 Å². The molecule has 1 saturated heterocycles. The highest BCUT2D eigenvalue weighted by Crippen LogP contribution is 2.39. The van der Waals surface area contributed by atoms with Gasteiger partial charge in [0.2, 0.25) is 0 Å².